The molecule has 0 radical (unpaired) electrons. The number of piperazine rings is 1. The van der Waals surface area contributed by atoms with Crippen LogP contribution in [0.5, 0.6) is 0 Å². The molecular weight excluding hydrogens is 276 g/mol. The lowest BCUT2D eigenvalue weighted by atomic mass is 9.71. The Kier molecular flexibility index (Phi) is 4.56. The second-order valence-electron chi connectivity index (χ2n) is 6.99. The van der Waals surface area contributed by atoms with Gasteiger partial charge in [-0.15, -0.1) is 0 Å². The van der Waals surface area contributed by atoms with E-state index in [0.29, 0.717) is 25.3 Å². The average molecular weight is 302 g/mol. The van der Waals surface area contributed by atoms with Crippen LogP contribution in [0, 0.1) is 11.3 Å². The van der Waals surface area contributed by atoms with Gasteiger partial charge in [-0.1, -0.05) is 13.8 Å². The van der Waals surface area contributed by atoms with Crippen molar-refractivity contribution in [1.82, 2.24) is 9.21 Å². The topological polar surface area (TPSA) is 57.7 Å². The van der Waals surface area contributed by atoms with Crippen molar-refractivity contribution in [2.24, 2.45) is 11.3 Å². The molecule has 1 aliphatic carbocycles. The maximum absolute atomic E-state index is 12.0. The zero-order valence-corrected chi connectivity index (χ0v) is 13.6. The van der Waals surface area contributed by atoms with Crippen LogP contribution >= 0.6 is 0 Å². The fourth-order valence-corrected chi connectivity index (χ4v) is 4.10. The molecule has 5 nitrogen and oxygen atoms in total. The summed E-state index contributed by atoms with van der Waals surface area (Å²) in [4.78, 5) is 14.3. The highest BCUT2D eigenvalue weighted by Gasteiger charge is 2.35. The summed E-state index contributed by atoms with van der Waals surface area (Å²) in [6.07, 6.45) is 3.90. The lowest BCUT2D eigenvalue weighted by Crippen LogP contribution is -2.50. The van der Waals surface area contributed by atoms with E-state index < -0.39 is 10.0 Å². The second kappa shape index (κ2) is 5.73. The van der Waals surface area contributed by atoms with Gasteiger partial charge in [0.15, 0.2) is 0 Å². The molecule has 1 saturated carbocycles. The van der Waals surface area contributed by atoms with Crippen LogP contribution in [0.3, 0.4) is 0 Å². The summed E-state index contributed by atoms with van der Waals surface area (Å²) in [6, 6.07) is 0. The molecule has 0 aromatic carbocycles. The summed E-state index contributed by atoms with van der Waals surface area (Å²) in [5.74, 6) is 0.512. The maximum atomic E-state index is 12.0. The average Bonchev–Trinajstić information content (AvgIpc) is 2.33. The van der Waals surface area contributed by atoms with Crippen LogP contribution in [0.4, 0.5) is 0 Å². The molecule has 0 amide bonds. The Morgan fingerprint density at radius 1 is 1.20 bits per heavy atom. The number of carbonyl (C=O) groups is 1. The summed E-state index contributed by atoms with van der Waals surface area (Å²) in [5.41, 5.74) is 0.257. The lowest BCUT2D eigenvalue weighted by Gasteiger charge is -2.39. The highest BCUT2D eigenvalue weighted by molar-refractivity contribution is 7.88. The van der Waals surface area contributed by atoms with E-state index in [1.807, 2.05) is 0 Å². The van der Waals surface area contributed by atoms with Crippen LogP contribution in [0.15, 0.2) is 0 Å². The third-order valence-electron chi connectivity index (χ3n) is 4.58. The Balaban J connectivity index is 1.87. The van der Waals surface area contributed by atoms with Gasteiger partial charge in [-0.2, -0.15) is 4.31 Å². The highest BCUT2D eigenvalue weighted by atomic mass is 32.2. The van der Waals surface area contributed by atoms with Crippen molar-refractivity contribution in [2.75, 3.05) is 39.0 Å². The third kappa shape index (κ3) is 4.02. The Hall–Kier alpha value is -0.460. The van der Waals surface area contributed by atoms with Crippen LogP contribution in [-0.4, -0.2) is 62.4 Å². The predicted octanol–water partition coefficient (Wildman–Crippen LogP) is 0.959. The highest BCUT2D eigenvalue weighted by Crippen LogP contribution is 2.37. The Bertz CT molecular complexity index is 465. The minimum Gasteiger partial charge on any atom is -0.300 e. The van der Waals surface area contributed by atoms with Gasteiger partial charge in [-0.05, 0) is 18.3 Å². The minimum absolute atomic E-state index is 0.128. The molecule has 2 rings (SSSR count). The number of sulfonamides is 1. The molecule has 1 unspecified atom stereocenters. The Labute approximate surface area is 122 Å². The van der Waals surface area contributed by atoms with E-state index in [9.17, 15) is 13.2 Å². The fraction of sp³-hybridized carbons (Fsp3) is 0.929. The fourth-order valence-electron chi connectivity index (χ4n) is 3.27. The molecule has 116 valence electrons. The van der Waals surface area contributed by atoms with Gasteiger partial charge in [-0.25, -0.2) is 8.42 Å². The molecule has 0 bridgehead atoms. The van der Waals surface area contributed by atoms with Gasteiger partial charge in [0, 0.05) is 45.1 Å². The van der Waals surface area contributed by atoms with Gasteiger partial charge in [0.05, 0.1) is 6.26 Å². The maximum Gasteiger partial charge on any atom is 0.211 e. The minimum atomic E-state index is -3.07. The monoisotopic (exact) mass is 302 g/mol. The number of nitrogens with zero attached hydrogens (tertiary/aromatic N) is 2. The Morgan fingerprint density at radius 3 is 2.35 bits per heavy atom. The van der Waals surface area contributed by atoms with Gasteiger partial charge in [0.1, 0.15) is 5.78 Å². The van der Waals surface area contributed by atoms with Gasteiger partial charge in [0.25, 0.3) is 0 Å². The number of Topliss-reactive ketones (excluding diaryl/α,β-unsaturated/α-hetero) is 1. The number of ketones is 1. The van der Waals surface area contributed by atoms with E-state index >= 15 is 0 Å². The van der Waals surface area contributed by atoms with E-state index in [-0.39, 0.29) is 11.3 Å². The summed E-state index contributed by atoms with van der Waals surface area (Å²) in [5, 5.41) is 0. The first kappa shape index (κ1) is 15.9. The van der Waals surface area contributed by atoms with Crippen LogP contribution in [-0.2, 0) is 14.8 Å². The largest absolute Gasteiger partial charge is 0.300 e. The van der Waals surface area contributed by atoms with Gasteiger partial charge in [-0.3, -0.25) is 9.69 Å². The molecule has 1 heterocycles. The molecule has 0 N–H and O–H groups in total. The van der Waals surface area contributed by atoms with E-state index in [1.165, 1.54) is 10.6 Å². The van der Waals surface area contributed by atoms with Crippen molar-refractivity contribution in [3.8, 4) is 0 Å². The van der Waals surface area contributed by atoms with E-state index in [0.717, 1.165) is 32.5 Å². The van der Waals surface area contributed by atoms with Crippen molar-refractivity contribution < 1.29 is 13.2 Å². The summed E-state index contributed by atoms with van der Waals surface area (Å²) >= 11 is 0. The molecular formula is C14H26N2O3S. The lowest BCUT2D eigenvalue weighted by molar-refractivity contribution is -0.127. The van der Waals surface area contributed by atoms with E-state index in [2.05, 4.69) is 18.7 Å². The van der Waals surface area contributed by atoms with E-state index in [4.69, 9.17) is 0 Å². The molecule has 0 spiro atoms. The first-order chi connectivity index (χ1) is 9.17. The molecule has 0 aromatic rings. The van der Waals surface area contributed by atoms with Crippen molar-refractivity contribution in [3.05, 3.63) is 0 Å². The molecule has 6 heteroatoms. The first-order valence-corrected chi connectivity index (χ1v) is 9.22. The second-order valence-corrected chi connectivity index (χ2v) is 8.98. The number of hydrogen-bond acceptors (Lipinski definition) is 4. The van der Waals surface area contributed by atoms with Crippen LogP contribution in [0.2, 0.25) is 0 Å². The molecule has 0 aromatic heterocycles. The van der Waals surface area contributed by atoms with Crippen molar-refractivity contribution in [2.45, 2.75) is 33.1 Å². The summed E-state index contributed by atoms with van der Waals surface area (Å²) in [7, 11) is -3.07. The quantitative estimate of drug-likeness (QED) is 0.779. The van der Waals surface area contributed by atoms with Crippen molar-refractivity contribution >= 4 is 15.8 Å². The van der Waals surface area contributed by atoms with Crippen LogP contribution in [0.25, 0.3) is 0 Å². The van der Waals surface area contributed by atoms with Gasteiger partial charge >= 0.3 is 0 Å². The molecule has 1 atom stereocenters. The molecule has 2 aliphatic rings. The molecule has 20 heavy (non-hydrogen) atoms. The van der Waals surface area contributed by atoms with Crippen molar-refractivity contribution in [3.63, 3.8) is 0 Å². The van der Waals surface area contributed by atoms with Gasteiger partial charge in [0.2, 0.25) is 10.0 Å². The molecule has 1 saturated heterocycles. The predicted molar refractivity (Wildman–Crippen MR) is 79.0 cm³/mol. The zero-order chi connectivity index (χ0) is 15.0. The molecule has 1 aliphatic heterocycles. The smallest absolute Gasteiger partial charge is 0.211 e. The van der Waals surface area contributed by atoms with E-state index in [1.54, 1.807) is 0 Å². The summed E-state index contributed by atoms with van der Waals surface area (Å²) < 4.78 is 24.5. The van der Waals surface area contributed by atoms with Crippen molar-refractivity contribution in [1.29, 1.82) is 0 Å². The normalized spacial score (nSPS) is 29.6. The number of carbonyl (C=O) groups excluding carboxylic acids is 1. The SMILES string of the molecule is CC1(C)CCC(=O)C(CN2CCN(S(C)(=O)=O)CC2)C1. The van der Waals surface area contributed by atoms with Crippen LogP contribution in [0.1, 0.15) is 33.1 Å². The van der Waals surface area contributed by atoms with Crippen LogP contribution < -0.4 is 0 Å². The summed E-state index contributed by atoms with van der Waals surface area (Å²) in [6.45, 7) is 7.81. The molecule has 2 fully saturated rings. The first-order valence-electron chi connectivity index (χ1n) is 7.38. The third-order valence-corrected chi connectivity index (χ3v) is 5.88. The number of hydrogen-bond donors (Lipinski definition) is 0. The zero-order valence-electron chi connectivity index (χ0n) is 12.8. The van der Waals surface area contributed by atoms with Gasteiger partial charge < -0.3 is 0 Å². The standard InChI is InChI=1S/C14H26N2O3S/c1-14(2)5-4-13(17)12(10-14)11-15-6-8-16(9-7-15)20(3,18)19/h12H,4-11H2,1-3H3. The Morgan fingerprint density at radius 2 is 1.80 bits per heavy atom. The number of rotatable bonds is 3.